The number of hydrogen-bond acceptors (Lipinski definition) is 6. The van der Waals surface area contributed by atoms with E-state index in [1.54, 1.807) is 0 Å². The fourth-order valence-electron chi connectivity index (χ4n) is 2.66. The van der Waals surface area contributed by atoms with Crippen molar-refractivity contribution in [2.24, 2.45) is 0 Å². The molecule has 0 atom stereocenters. The van der Waals surface area contributed by atoms with Gasteiger partial charge >= 0.3 is 11.9 Å². The molecule has 0 heterocycles. The van der Waals surface area contributed by atoms with Crippen LogP contribution in [0, 0.1) is 0 Å². The van der Waals surface area contributed by atoms with Gasteiger partial charge < -0.3 is 9.47 Å². The topological polar surface area (TPSA) is 107 Å². The SMILES string of the molecule is CCCCCCOC(=O)c1cccc(S(=O)(=O)O)c1C(=O)OCCCCCC.[Na]. The third-order valence-corrected chi connectivity index (χ3v) is 5.09. The number of benzene rings is 1. The van der Waals surface area contributed by atoms with Gasteiger partial charge in [0, 0.05) is 29.6 Å². The average Bonchev–Trinajstić information content (AvgIpc) is 2.66. The maximum absolute atomic E-state index is 12.5. The van der Waals surface area contributed by atoms with Gasteiger partial charge in [-0.15, -0.1) is 0 Å². The number of carbonyl (C=O) groups excluding carboxylic acids is 2. The van der Waals surface area contributed by atoms with E-state index in [0.29, 0.717) is 12.8 Å². The van der Waals surface area contributed by atoms with Gasteiger partial charge in [-0.05, 0) is 25.0 Å². The van der Waals surface area contributed by atoms with Gasteiger partial charge in [0.15, 0.2) is 0 Å². The monoisotopic (exact) mass is 437 g/mol. The van der Waals surface area contributed by atoms with Crippen molar-refractivity contribution in [2.75, 3.05) is 13.2 Å². The predicted molar refractivity (Wildman–Crippen MR) is 111 cm³/mol. The summed E-state index contributed by atoms with van der Waals surface area (Å²) in [6.45, 7) is 4.38. The van der Waals surface area contributed by atoms with Gasteiger partial charge in [-0.3, -0.25) is 4.55 Å². The van der Waals surface area contributed by atoms with Crippen LogP contribution in [-0.2, 0) is 19.6 Å². The van der Waals surface area contributed by atoms with Crippen molar-refractivity contribution in [2.45, 2.75) is 70.1 Å². The largest absolute Gasteiger partial charge is 0.462 e. The molecule has 1 radical (unpaired) electrons. The van der Waals surface area contributed by atoms with Crippen molar-refractivity contribution in [3.63, 3.8) is 0 Å². The molecule has 0 aromatic heterocycles. The van der Waals surface area contributed by atoms with Gasteiger partial charge in [0.05, 0.1) is 24.3 Å². The van der Waals surface area contributed by atoms with Crippen LogP contribution in [0.25, 0.3) is 0 Å². The van der Waals surface area contributed by atoms with E-state index in [2.05, 4.69) is 13.8 Å². The van der Waals surface area contributed by atoms with Crippen LogP contribution in [0.4, 0.5) is 0 Å². The second-order valence-electron chi connectivity index (χ2n) is 6.55. The van der Waals surface area contributed by atoms with E-state index in [4.69, 9.17) is 9.47 Å². The molecule has 0 aliphatic rings. The van der Waals surface area contributed by atoms with Gasteiger partial charge in [0.2, 0.25) is 0 Å². The van der Waals surface area contributed by atoms with E-state index in [-0.39, 0.29) is 48.3 Å². The van der Waals surface area contributed by atoms with Gasteiger partial charge in [-0.25, -0.2) is 9.59 Å². The van der Waals surface area contributed by atoms with Crippen molar-refractivity contribution in [1.29, 1.82) is 0 Å². The van der Waals surface area contributed by atoms with Crippen molar-refractivity contribution >= 4 is 51.6 Å². The molecule has 9 heteroatoms. The van der Waals surface area contributed by atoms with Crippen LogP contribution >= 0.6 is 0 Å². The van der Waals surface area contributed by atoms with E-state index in [0.717, 1.165) is 44.6 Å². The molecule has 7 nitrogen and oxygen atoms in total. The fourth-order valence-corrected chi connectivity index (χ4v) is 3.37. The number of esters is 2. The second-order valence-corrected chi connectivity index (χ2v) is 7.94. The fraction of sp³-hybridized carbons (Fsp3) is 0.600. The smallest absolute Gasteiger partial charge is 0.340 e. The summed E-state index contributed by atoms with van der Waals surface area (Å²) >= 11 is 0. The molecule has 1 rings (SSSR count). The van der Waals surface area contributed by atoms with Crippen LogP contribution in [0.3, 0.4) is 0 Å². The van der Waals surface area contributed by atoms with E-state index in [1.165, 1.54) is 12.1 Å². The summed E-state index contributed by atoms with van der Waals surface area (Å²) in [4.78, 5) is 24.2. The van der Waals surface area contributed by atoms with E-state index >= 15 is 0 Å². The Morgan fingerprint density at radius 1 is 0.862 bits per heavy atom. The van der Waals surface area contributed by atoms with Crippen LogP contribution in [0.2, 0.25) is 0 Å². The first kappa shape index (κ1) is 28.1. The molecular formula is C20H30NaO7S. The Kier molecular flexibility index (Phi) is 14.5. The number of hydrogen-bond donors (Lipinski definition) is 1. The number of carbonyl (C=O) groups is 2. The standard InChI is InChI=1S/C20H30O7S.Na/c1-3-5-7-9-14-26-19(21)16-12-11-13-17(28(23,24)25)18(16)20(22)27-15-10-8-6-4-2;/h11-13H,3-10,14-15H2,1-2H3,(H,23,24,25);. The van der Waals surface area contributed by atoms with Crippen LogP contribution in [0.5, 0.6) is 0 Å². The molecule has 0 unspecified atom stereocenters. The molecule has 0 aliphatic heterocycles. The molecule has 29 heavy (non-hydrogen) atoms. The summed E-state index contributed by atoms with van der Waals surface area (Å²) in [6, 6.07) is 3.62. The van der Waals surface area contributed by atoms with Crippen LogP contribution in [0.15, 0.2) is 23.1 Å². The summed E-state index contributed by atoms with van der Waals surface area (Å²) < 4.78 is 43.1. The van der Waals surface area contributed by atoms with Crippen molar-refractivity contribution in [1.82, 2.24) is 0 Å². The Bertz CT molecular complexity index is 747. The van der Waals surface area contributed by atoms with Gasteiger partial charge in [0.25, 0.3) is 10.1 Å². The number of unbranched alkanes of at least 4 members (excludes halogenated alkanes) is 6. The minimum atomic E-state index is -4.71. The Balaban J connectivity index is 0.00000784. The molecule has 1 aromatic carbocycles. The molecule has 0 saturated heterocycles. The van der Waals surface area contributed by atoms with Crippen LogP contribution in [0.1, 0.15) is 85.9 Å². The summed E-state index contributed by atoms with van der Waals surface area (Å²) in [5.41, 5.74) is -0.719. The van der Waals surface area contributed by atoms with Crippen LogP contribution in [-0.4, -0.2) is 67.7 Å². The Morgan fingerprint density at radius 3 is 1.86 bits per heavy atom. The third kappa shape index (κ3) is 10.1. The first-order chi connectivity index (χ1) is 13.3. The molecular weight excluding hydrogens is 407 g/mol. The van der Waals surface area contributed by atoms with E-state index in [1.807, 2.05) is 0 Å². The molecule has 1 aromatic rings. The van der Waals surface area contributed by atoms with Gasteiger partial charge in [0.1, 0.15) is 4.90 Å². The summed E-state index contributed by atoms with van der Waals surface area (Å²) in [6.07, 6.45) is 7.16. The minimum absolute atomic E-state index is 0. The predicted octanol–water partition coefficient (Wildman–Crippen LogP) is 4.03. The molecule has 159 valence electrons. The molecule has 0 fully saturated rings. The maximum atomic E-state index is 12.5. The average molecular weight is 438 g/mol. The Hall–Kier alpha value is -0.930. The third-order valence-electron chi connectivity index (χ3n) is 4.19. The first-order valence-corrected chi connectivity index (χ1v) is 11.2. The molecule has 0 saturated carbocycles. The number of rotatable bonds is 13. The molecule has 0 aliphatic carbocycles. The minimum Gasteiger partial charge on any atom is -0.462 e. The summed E-state index contributed by atoms with van der Waals surface area (Å²) in [5.74, 6) is -1.79. The maximum Gasteiger partial charge on any atom is 0.340 e. The van der Waals surface area contributed by atoms with Crippen molar-refractivity contribution in [3.05, 3.63) is 29.3 Å². The summed E-state index contributed by atoms with van der Waals surface area (Å²) in [5, 5.41) is 0. The normalized spacial score (nSPS) is 10.9. The zero-order chi connectivity index (χ0) is 21.0. The first-order valence-electron chi connectivity index (χ1n) is 9.77. The van der Waals surface area contributed by atoms with Crippen molar-refractivity contribution in [3.8, 4) is 0 Å². The molecule has 0 spiro atoms. The number of ether oxygens (including phenoxy) is 2. The Morgan fingerprint density at radius 2 is 1.38 bits per heavy atom. The summed E-state index contributed by atoms with van der Waals surface area (Å²) in [7, 11) is -4.71. The molecule has 0 bridgehead atoms. The zero-order valence-electron chi connectivity index (χ0n) is 17.6. The zero-order valence-corrected chi connectivity index (χ0v) is 20.4. The van der Waals surface area contributed by atoms with Gasteiger partial charge in [-0.2, -0.15) is 8.42 Å². The van der Waals surface area contributed by atoms with E-state index < -0.39 is 32.5 Å². The molecule has 0 amide bonds. The quantitative estimate of drug-likeness (QED) is 0.215. The Labute approximate surface area is 195 Å². The van der Waals surface area contributed by atoms with Crippen molar-refractivity contribution < 1.29 is 32.0 Å². The molecule has 1 N–H and O–H groups in total. The van der Waals surface area contributed by atoms with E-state index in [9.17, 15) is 22.6 Å². The second kappa shape index (κ2) is 15.0. The van der Waals surface area contributed by atoms with Crippen LogP contribution < -0.4 is 0 Å². The van der Waals surface area contributed by atoms with Gasteiger partial charge in [-0.1, -0.05) is 58.4 Å².